The van der Waals surface area contributed by atoms with E-state index in [0.717, 1.165) is 12.1 Å². The molecule has 0 bridgehead atoms. The summed E-state index contributed by atoms with van der Waals surface area (Å²) in [6.07, 6.45) is 3.17. The van der Waals surface area contributed by atoms with Crippen LogP contribution in [0.15, 0.2) is 42.7 Å². The van der Waals surface area contributed by atoms with E-state index in [1.807, 2.05) is 0 Å². The van der Waals surface area contributed by atoms with Gasteiger partial charge in [-0.1, -0.05) is 19.1 Å². The van der Waals surface area contributed by atoms with E-state index >= 15 is 0 Å². The van der Waals surface area contributed by atoms with E-state index in [4.69, 9.17) is 0 Å². The predicted octanol–water partition coefficient (Wildman–Crippen LogP) is 3.27. The Labute approximate surface area is 134 Å². The summed E-state index contributed by atoms with van der Waals surface area (Å²) in [6.45, 7) is 3.59. The Morgan fingerprint density at radius 3 is 2.35 bits per heavy atom. The van der Waals surface area contributed by atoms with Crippen LogP contribution >= 0.6 is 0 Å². The summed E-state index contributed by atoms with van der Waals surface area (Å²) in [7, 11) is -3.89. The molecule has 0 fully saturated rings. The Kier molecular flexibility index (Phi) is 5.43. The zero-order valence-electron chi connectivity index (χ0n) is 12.9. The predicted molar refractivity (Wildman–Crippen MR) is 84.0 cm³/mol. The number of sulfonamides is 1. The number of hydrogen-bond acceptors (Lipinski definition) is 3. The Morgan fingerprint density at radius 2 is 1.83 bits per heavy atom. The minimum absolute atomic E-state index is 0.189. The molecule has 0 amide bonds. The monoisotopic (exact) mass is 340 g/mol. The van der Waals surface area contributed by atoms with Gasteiger partial charge in [0.1, 0.15) is 11.6 Å². The summed E-state index contributed by atoms with van der Waals surface area (Å²) in [5, 5.41) is 0. The highest BCUT2D eigenvalue weighted by Crippen LogP contribution is 2.25. The molecule has 0 radical (unpaired) electrons. The molecule has 0 aliphatic carbocycles. The quantitative estimate of drug-likeness (QED) is 0.811. The van der Waals surface area contributed by atoms with Crippen molar-refractivity contribution in [1.29, 1.82) is 0 Å². The summed E-state index contributed by atoms with van der Waals surface area (Å²) in [6, 6.07) is 6.30. The molecule has 124 valence electrons. The van der Waals surface area contributed by atoms with Gasteiger partial charge in [0.15, 0.2) is 0 Å². The van der Waals surface area contributed by atoms with Crippen molar-refractivity contribution in [1.82, 2.24) is 9.29 Å². The second-order valence-electron chi connectivity index (χ2n) is 5.12. The standard InChI is InChI=1S/C16H18F2N2O2S/c1-3-20(12(2)13-6-5-9-19-10-13)23(21,22)11-14-15(17)7-4-8-16(14)18/h4-10,12H,3,11H2,1-2H3/t12-/m1/s1. The number of nitrogens with zero attached hydrogens (tertiary/aromatic N) is 2. The molecule has 23 heavy (non-hydrogen) atoms. The lowest BCUT2D eigenvalue weighted by molar-refractivity contribution is 0.355. The lowest BCUT2D eigenvalue weighted by atomic mass is 10.1. The molecule has 0 aliphatic rings. The SMILES string of the molecule is CCN([C@H](C)c1cccnc1)S(=O)(=O)Cc1c(F)cccc1F. The van der Waals surface area contributed by atoms with E-state index in [1.54, 1.807) is 38.4 Å². The molecular formula is C16H18F2N2O2S. The van der Waals surface area contributed by atoms with Gasteiger partial charge in [-0.2, -0.15) is 4.31 Å². The van der Waals surface area contributed by atoms with Gasteiger partial charge in [0.05, 0.1) is 5.75 Å². The molecule has 0 aliphatic heterocycles. The highest BCUT2D eigenvalue weighted by Gasteiger charge is 2.29. The van der Waals surface area contributed by atoms with Crippen LogP contribution in [0.4, 0.5) is 8.78 Å². The minimum Gasteiger partial charge on any atom is -0.264 e. The maximum absolute atomic E-state index is 13.7. The van der Waals surface area contributed by atoms with Gasteiger partial charge in [0.25, 0.3) is 0 Å². The van der Waals surface area contributed by atoms with Crippen LogP contribution in [0, 0.1) is 11.6 Å². The van der Waals surface area contributed by atoms with Crippen LogP contribution in [0.5, 0.6) is 0 Å². The number of pyridine rings is 1. The van der Waals surface area contributed by atoms with Crippen LogP contribution in [0.3, 0.4) is 0 Å². The number of aromatic nitrogens is 1. The van der Waals surface area contributed by atoms with E-state index in [0.29, 0.717) is 5.56 Å². The van der Waals surface area contributed by atoms with E-state index in [9.17, 15) is 17.2 Å². The summed E-state index contributed by atoms with van der Waals surface area (Å²) >= 11 is 0. The second kappa shape index (κ2) is 7.14. The smallest absolute Gasteiger partial charge is 0.219 e. The van der Waals surface area contributed by atoms with E-state index in [1.165, 1.54) is 10.4 Å². The van der Waals surface area contributed by atoms with Crippen molar-refractivity contribution in [2.45, 2.75) is 25.6 Å². The average molecular weight is 340 g/mol. The number of halogens is 2. The van der Waals surface area contributed by atoms with Gasteiger partial charge < -0.3 is 0 Å². The van der Waals surface area contributed by atoms with Gasteiger partial charge in [-0.05, 0) is 30.7 Å². The van der Waals surface area contributed by atoms with Gasteiger partial charge >= 0.3 is 0 Å². The molecule has 2 aromatic rings. The van der Waals surface area contributed by atoms with Crippen LogP contribution in [0.1, 0.15) is 31.0 Å². The summed E-state index contributed by atoms with van der Waals surface area (Å²) in [4.78, 5) is 3.98. The molecule has 1 heterocycles. The average Bonchev–Trinajstić information content (AvgIpc) is 2.52. The highest BCUT2D eigenvalue weighted by molar-refractivity contribution is 7.88. The Bertz CT molecular complexity index is 747. The fraction of sp³-hybridized carbons (Fsp3) is 0.312. The van der Waals surface area contributed by atoms with Crippen LogP contribution in [-0.2, 0) is 15.8 Å². The van der Waals surface area contributed by atoms with E-state index in [2.05, 4.69) is 4.98 Å². The normalized spacial score (nSPS) is 13.3. The summed E-state index contributed by atoms with van der Waals surface area (Å²) < 4.78 is 53.9. The van der Waals surface area contributed by atoms with Crippen LogP contribution in [0.2, 0.25) is 0 Å². The van der Waals surface area contributed by atoms with Crippen molar-refractivity contribution in [2.24, 2.45) is 0 Å². The van der Waals surface area contributed by atoms with Gasteiger partial charge in [-0.15, -0.1) is 0 Å². The fourth-order valence-electron chi connectivity index (χ4n) is 2.44. The zero-order chi connectivity index (χ0) is 17.0. The van der Waals surface area contributed by atoms with Crippen molar-refractivity contribution in [2.75, 3.05) is 6.54 Å². The van der Waals surface area contributed by atoms with E-state index < -0.39 is 39.0 Å². The molecule has 0 saturated heterocycles. The first kappa shape index (κ1) is 17.5. The van der Waals surface area contributed by atoms with Gasteiger partial charge in [-0.25, -0.2) is 17.2 Å². The third-order valence-electron chi connectivity index (χ3n) is 3.66. The molecule has 2 rings (SSSR count). The molecule has 0 unspecified atom stereocenters. The lowest BCUT2D eigenvalue weighted by Crippen LogP contribution is -2.34. The lowest BCUT2D eigenvalue weighted by Gasteiger charge is -2.27. The first-order valence-corrected chi connectivity index (χ1v) is 8.80. The highest BCUT2D eigenvalue weighted by atomic mass is 32.2. The molecule has 7 heteroatoms. The zero-order valence-corrected chi connectivity index (χ0v) is 13.7. The van der Waals surface area contributed by atoms with Gasteiger partial charge in [0, 0.05) is 30.5 Å². The third kappa shape index (κ3) is 3.92. The van der Waals surface area contributed by atoms with Crippen LogP contribution in [-0.4, -0.2) is 24.3 Å². The Balaban J connectivity index is 2.33. The molecule has 0 spiro atoms. The molecule has 4 nitrogen and oxygen atoms in total. The molecular weight excluding hydrogens is 322 g/mol. The molecule has 0 N–H and O–H groups in total. The maximum atomic E-state index is 13.7. The van der Waals surface area contributed by atoms with Crippen molar-refractivity contribution < 1.29 is 17.2 Å². The Hall–Kier alpha value is -1.86. The van der Waals surface area contributed by atoms with Crippen molar-refractivity contribution in [3.63, 3.8) is 0 Å². The van der Waals surface area contributed by atoms with Gasteiger partial charge in [0.2, 0.25) is 10.0 Å². The van der Waals surface area contributed by atoms with E-state index in [-0.39, 0.29) is 6.54 Å². The largest absolute Gasteiger partial charge is 0.264 e. The first-order chi connectivity index (χ1) is 10.9. The van der Waals surface area contributed by atoms with Crippen molar-refractivity contribution in [3.8, 4) is 0 Å². The molecule has 1 atom stereocenters. The molecule has 1 aromatic carbocycles. The van der Waals surface area contributed by atoms with Crippen molar-refractivity contribution >= 4 is 10.0 Å². The minimum atomic E-state index is -3.89. The maximum Gasteiger partial charge on any atom is 0.219 e. The van der Waals surface area contributed by atoms with Crippen LogP contribution < -0.4 is 0 Å². The Morgan fingerprint density at radius 1 is 1.17 bits per heavy atom. The first-order valence-electron chi connectivity index (χ1n) is 7.19. The van der Waals surface area contributed by atoms with Crippen LogP contribution in [0.25, 0.3) is 0 Å². The molecule has 1 aromatic heterocycles. The number of benzene rings is 1. The summed E-state index contributed by atoms with van der Waals surface area (Å²) in [5.74, 6) is -2.44. The number of rotatable bonds is 6. The second-order valence-corrected chi connectivity index (χ2v) is 7.04. The topological polar surface area (TPSA) is 50.3 Å². The van der Waals surface area contributed by atoms with Gasteiger partial charge in [-0.3, -0.25) is 4.98 Å². The fourth-order valence-corrected chi connectivity index (χ4v) is 4.24. The third-order valence-corrected chi connectivity index (χ3v) is 5.60. The van der Waals surface area contributed by atoms with Crippen molar-refractivity contribution in [3.05, 3.63) is 65.5 Å². The summed E-state index contributed by atoms with van der Waals surface area (Å²) in [5.41, 5.74) is 0.274. The molecule has 0 saturated carbocycles. The number of hydrogen-bond donors (Lipinski definition) is 0.